The Bertz CT molecular complexity index is 3530. The van der Waals surface area contributed by atoms with E-state index < -0.39 is 0 Å². The van der Waals surface area contributed by atoms with Gasteiger partial charge >= 0.3 is 0 Å². The van der Waals surface area contributed by atoms with Crippen molar-refractivity contribution in [2.45, 2.75) is 116 Å². The summed E-state index contributed by atoms with van der Waals surface area (Å²) in [6.45, 7) is 18.8. The van der Waals surface area contributed by atoms with Crippen LogP contribution in [0.25, 0.3) is 56.2 Å². The largest absolute Gasteiger partial charge is 0.509 e. The first-order valence-electron chi connectivity index (χ1n) is 26.2. The summed E-state index contributed by atoms with van der Waals surface area (Å²) in [5, 5.41) is 0. The third-order valence-electron chi connectivity index (χ3n) is 15.2. The van der Waals surface area contributed by atoms with Gasteiger partial charge in [-0.15, -0.1) is 35.7 Å². The van der Waals surface area contributed by atoms with Crippen LogP contribution >= 0.6 is 0 Å². The molecule has 0 unspecified atom stereocenters. The summed E-state index contributed by atoms with van der Waals surface area (Å²) in [5.41, 5.74) is 10.6. The fraction of sp³-hybridized carbons (Fsp3) is 0.281. The summed E-state index contributed by atoms with van der Waals surface area (Å²) in [6, 6.07) is 50.9. The number of benzene rings is 4. The Kier molecular flexibility index (Phi) is 14.9. The van der Waals surface area contributed by atoms with Gasteiger partial charge in [-0.1, -0.05) is 73.1 Å². The van der Waals surface area contributed by atoms with Crippen molar-refractivity contribution in [3.8, 4) is 57.1 Å². The van der Waals surface area contributed by atoms with Crippen molar-refractivity contribution in [2.24, 2.45) is 0 Å². The molecule has 2 fully saturated rings. The van der Waals surface area contributed by atoms with Gasteiger partial charge in [0.1, 0.15) is 0 Å². The number of fused-ring (bicyclic) bond motifs is 2. The number of imidazole rings is 2. The molecule has 6 aromatic heterocycles. The fourth-order valence-corrected chi connectivity index (χ4v) is 12.2. The van der Waals surface area contributed by atoms with Crippen LogP contribution in [0.1, 0.15) is 93.9 Å². The van der Waals surface area contributed by atoms with Crippen molar-refractivity contribution < 1.29 is 60.7 Å². The van der Waals surface area contributed by atoms with Crippen molar-refractivity contribution in [1.82, 2.24) is 29.1 Å². The number of nitrogens with zero attached hydrogens (tertiary/aromatic N) is 10. The maximum Gasteiger partial charge on any atom is 0.268 e. The average molecular weight is 1390 g/mol. The quantitative estimate of drug-likeness (QED) is 0.0934. The van der Waals surface area contributed by atoms with Crippen LogP contribution in [0.15, 0.2) is 146 Å². The van der Waals surface area contributed by atoms with Gasteiger partial charge in [-0.25, -0.2) is 0 Å². The molecule has 2 saturated heterocycles. The molecule has 0 bridgehead atoms. The standard InChI is InChI=1S/C64H60N10O2.2Pt/c1-61(2)27-15-28-62(3,4)73(61)47-19-13-17-45(33-47)69-43-71(59-23-11-9-21-57(59)69)49-35-53(41-65-39-49)75-51-25-31-67-55(37-51)56-38-52(26-32-68-56)76-54-36-50(40-66-42-54)72-44-70(58-22-10-12-24-60(58)72)46-18-14-20-48(34-46)74-63(5,6)29-16-30-64(74,7)8;;/h9-14,17-26,31-34,39-42H,15-16,27-30H2,1-8H3;;/q-4;;. The Morgan fingerprint density at radius 2 is 0.821 bits per heavy atom. The molecular weight excluding hydrogens is 1330 g/mol. The molecule has 0 amide bonds. The molecular formula is C64H60N10O2Pt2-4. The molecule has 0 atom stereocenters. The summed E-state index contributed by atoms with van der Waals surface area (Å²) in [4.78, 5) is 23.5. The Morgan fingerprint density at radius 1 is 0.436 bits per heavy atom. The smallest absolute Gasteiger partial charge is 0.268 e. The zero-order valence-corrected chi connectivity index (χ0v) is 49.6. The number of aromatic nitrogens is 8. The molecule has 2 aliphatic rings. The van der Waals surface area contributed by atoms with E-state index in [2.05, 4.69) is 204 Å². The molecule has 8 heterocycles. The van der Waals surface area contributed by atoms with Gasteiger partial charge in [0.05, 0.1) is 33.4 Å². The molecule has 12 rings (SSSR count). The molecule has 10 aromatic rings. The van der Waals surface area contributed by atoms with E-state index in [4.69, 9.17) is 9.47 Å². The molecule has 4 aromatic carbocycles. The molecule has 0 aliphatic carbocycles. The Labute approximate surface area is 486 Å². The minimum atomic E-state index is 0. The number of anilines is 2. The third kappa shape index (κ3) is 10.4. The van der Waals surface area contributed by atoms with Crippen LogP contribution in [0, 0.1) is 36.9 Å². The molecule has 78 heavy (non-hydrogen) atoms. The summed E-state index contributed by atoms with van der Waals surface area (Å²) < 4.78 is 20.9. The predicted molar refractivity (Wildman–Crippen MR) is 295 cm³/mol. The van der Waals surface area contributed by atoms with E-state index in [0.717, 1.165) is 59.1 Å². The second-order valence-corrected chi connectivity index (χ2v) is 22.5. The topological polar surface area (TPSA) is 94.1 Å². The van der Waals surface area contributed by atoms with Gasteiger partial charge in [0, 0.05) is 98.7 Å². The molecule has 0 N–H and O–H groups in total. The van der Waals surface area contributed by atoms with Gasteiger partial charge in [-0.2, -0.15) is 12.1 Å². The van der Waals surface area contributed by atoms with Crippen LogP contribution in [-0.4, -0.2) is 51.2 Å². The van der Waals surface area contributed by atoms with E-state index in [0.29, 0.717) is 45.8 Å². The van der Waals surface area contributed by atoms with E-state index in [1.54, 1.807) is 49.3 Å². The van der Waals surface area contributed by atoms with Crippen molar-refractivity contribution in [3.63, 3.8) is 0 Å². The van der Waals surface area contributed by atoms with E-state index in [1.807, 2.05) is 33.4 Å². The zero-order chi connectivity index (χ0) is 52.4. The normalized spacial score (nSPS) is 16.3. The molecule has 0 radical (unpaired) electrons. The van der Waals surface area contributed by atoms with Crippen LogP contribution in [0.3, 0.4) is 0 Å². The van der Waals surface area contributed by atoms with Crippen LogP contribution in [0.5, 0.6) is 23.0 Å². The first kappa shape index (κ1) is 54.4. The number of pyridine rings is 4. The summed E-state index contributed by atoms with van der Waals surface area (Å²) >= 11 is 0. The molecule has 402 valence electrons. The molecule has 2 aliphatic heterocycles. The Balaban J connectivity index is 0.00000344. The monoisotopic (exact) mass is 1390 g/mol. The SMILES string of the molecule is CC1(C)CCCC(C)(C)N1c1cccc(-n2[c-][n+](-c3[c-]c(Oc4[c-]c(-c5[c-]c(Oc6[c-]c(-[n+]7[c-]n(-c8cccc(N9C(C)(C)CCCC9(C)C)c8)c8ccccc87)cnc6)ccn5)ncc4)cnc3)c3ccccc32)c1.[Pt].[Pt]. The maximum absolute atomic E-state index is 6.37. The number of piperidine rings is 2. The van der Waals surface area contributed by atoms with E-state index >= 15 is 0 Å². The fourth-order valence-electron chi connectivity index (χ4n) is 12.2. The minimum Gasteiger partial charge on any atom is -0.509 e. The first-order valence-corrected chi connectivity index (χ1v) is 26.2. The summed E-state index contributed by atoms with van der Waals surface area (Å²) in [7, 11) is 0. The van der Waals surface area contributed by atoms with Crippen LogP contribution in [0.2, 0.25) is 0 Å². The van der Waals surface area contributed by atoms with Gasteiger partial charge in [0.25, 0.3) is 12.7 Å². The summed E-state index contributed by atoms with van der Waals surface area (Å²) in [6.07, 6.45) is 24.3. The van der Waals surface area contributed by atoms with Crippen molar-refractivity contribution in [1.29, 1.82) is 0 Å². The second kappa shape index (κ2) is 21.3. The Hall–Kier alpha value is -7.00. The van der Waals surface area contributed by atoms with Gasteiger partial charge in [0.2, 0.25) is 0 Å². The van der Waals surface area contributed by atoms with Gasteiger partial charge in [0.15, 0.2) is 0 Å². The average Bonchev–Trinajstić information content (AvgIpc) is 4.04. The van der Waals surface area contributed by atoms with Crippen molar-refractivity contribution in [2.75, 3.05) is 9.80 Å². The van der Waals surface area contributed by atoms with E-state index in [9.17, 15) is 0 Å². The van der Waals surface area contributed by atoms with E-state index in [-0.39, 0.29) is 64.3 Å². The molecule has 12 nitrogen and oxygen atoms in total. The molecule has 14 heteroatoms. The number of para-hydroxylation sites is 4. The van der Waals surface area contributed by atoms with Crippen LogP contribution in [0.4, 0.5) is 11.4 Å². The second-order valence-electron chi connectivity index (χ2n) is 22.5. The summed E-state index contributed by atoms with van der Waals surface area (Å²) in [5.74, 6) is 1.60. The number of ether oxygens (including phenoxy) is 2. The van der Waals surface area contributed by atoms with Crippen molar-refractivity contribution >= 4 is 33.4 Å². The van der Waals surface area contributed by atoms with Gasteiger partial charge < -0.3 is 48.3 Å². The minimum absolute atomic E-state index is 0. The van der Waals surface area contributed by atoms with Crippen LogP contribution in [-0.2, 0) is 42.1 Å². The predicted octanol–water partition coefficient (Wildman–Crippen LogP) is 12.9. The molecule has 0 saturated carbocycles. The van der Waals surface area contributed by atoms with Crippen LogP contribution < -0.4 is 28.4 Å². The van der Waals surface area contributed by atoms with Crippen molar-refractivity contribution in [3.05, 3.63) is 183 Å². The zero-order valence-electron chi connectivity index (χ0n) is 45.0. The number of hydrogen-bond donors (Lipinski definition) is 0. The third-order valence-corrected chi connectivity index (χ3v) is 15.2. The number of hydrogen-bond acceptors (Lipinski definition) is 8. The van der Waals surface area contributed by atoms with E-state index in [1.165, 1.54) is 24.2 Å². The maximum atomic E-state index is 6.37. The van der Waals surface area contributed by atoms with Gasteiger partial charge in [-0.05, 0) is 166 Å². The Morgan fingerprint density at radius 3 is 1.23 bits per heavy atom. The number of rotatable bonds is 11. The van der Waals surface area contributed by atoms with Gasteiger partial charge in [-0.3, -0.25) is 9.13 Å². The molecule has 0 spiro atoms. The first-order chi connectivity index (χ1) is 36.6.